The molecule has 0 amide bonds. The van der Waals surface area contributed by atoms with Gasteiger partial charge in [0.05, 0.1) is 3.79 Å². The lowest BCUT2D eigenvalue weighted by atomic mass is 9.87. The zero-order valence-corrected chi connectivity index (χ0v) is 12.9. The van der Waals surface area contributed by atoms with Crippen LogP contribution in [0.2, 0.25) is 0 Å². The molecule has 1 atom stereocenters. The second-order valence-electron chi connectivity index (χ2n) is 5.11. The number of thiophene rings is 1. The van der Waals surface area contributed by atoms with E-state index < -0.39 is 0 Å². The molecule has 1 aromatic heterocycles. The van der Waals surface area contributed by atoms with Crippen LogP contribution in [0.1, 0.15) is 56.4 Å². The summed E-state index contributed by atoms with van der Waals surface area (Å²) in [6, 6.07) is 4.85. The molecule has 17 heavy (non-hydrogen) atoms. The van der Waals surface area contributed by atoms with Gasteiger partial charge in [0.1, 0.15) is 0 Å². The van der Waals surface area contributed by atoms with Crippen LogP contribution in [-0.2, 0) is 0 Å². The molecule has 1 heterocycles. The minimum Gasteiger partial charge on any atom is -0.309 e. The average molecular weight is 316 g/mol. The van der Waals surface area contributed by atoms with Gasteiger partial charge < -0.3 is 5.32 Å². The summed E-state index contributed by atoms with van der Waals surface area (Å²) in [6.07, 6.45) is 8.65. The van der Waals surface area contributed by atoms with Crippen molar-refractivity contribution in [2.75, 3.05) is 6.54 Å². The molecule has 96 valence electrons. The molecule has 0 saturated heterocycles. The Hall–Kier alpha value is 0.140. The Morgan fingerprint density at radius 3 is 2.76 bits per heavy atom. The van der Waals surface area contributed by atoms with Gasteiger partial charge in [-0.05, 0) is 53.9 Å². The van der Waals surface area contributed by atoms with E-state index in [0.29, 0.717) is 6.04 Å². The van der Waals surface area contributed by atoms with Gasteiger partial charge in [-0.2, -0.15) is 0 Å². The average Bonchev–Trinajstić information content (AvgIpc) is 2.77. The molecular weight excluding hydrogens is 294 g/mol. The Balaban J connectivity index is 1.67. The standard InChI is InChI=1S/C14H22BrNS/c1-11(13-7-8-14(15)17-13)16-10-9-12-5-3-2-4-6-12/h7-8,11-12,16H,2-6,9-10H2,1H3. The summed E-state index contributed by atoms with van der Waals surface area (Å²) in [7, 11) is 0. The van der Waals surface area contributed by atoms with Crippen molar-refractivity contribution in [1.82, 2.24) is 5.32 Å². The van der Waals surface area contributed by atoms with Gasteiger partial charge in [0.25, 0.3) is 0 Å². The number of hydrogen-bond donors (Lipinski definition) is 1. The molecule has 1 aromatic rings. The smallest absolute Gasteiger partial charge is 0.0701 e. The molecule has 0 aliphatic heterocycles. The van der Waals surface area contributed by atoms with Crippen LogP contribution >= 0.6 is 27.3 Å². The Morgan fingerprint density at radius 1 is 1.35 bits per heavy atom. The van der Waals surface area contributed by atoms with E-state index in [-0.39, 0.29) is 0 Å². The van der Waals surface area contributed by atoms with Crippen LogP contribution in [0, 0.1) is 5.92 Å². The number of halogens is 1. The van der Waals surface area contributed by atoms with Gasteiger partial charge in [-0.15, -0.1) is 11.3 Å². The normalized spacial score (nSPS) is 19.4. The maximum absolute atomic E-state index is 3.65. The molecule has 0 aromatic carbocycles. The summed E-state index contributed by atoms with van der Waals surface area (Å²) in [4.78, 5) is 1.43. The minimum atomic E-state index is 0.495. The molecule has 0 spiro atoms. The number of hydrogen-bond acceptors (Lipinski definition) is 2. The summed E-state index contributed by atoms with van der Waals surface area (Å²) in [5, 5.41) is 3.65. The fourth-order valence-corrected chi connectivity index (χ4v) is 4.09. The highest BCUT2D eigenvalue weighted by molar-refractivity contribution is 9.11. The summed E-state index contributed by atoms with van der Waals surface area (Å²) < 4.78 is 1.23. The van der Waals surface area contributed by atoms with Crippen molar-refractivity contribution >= 4 is 27.3 Å². The number of rotatable bonds is 5. The van der Waals surface area contributed by atoms with Crippen LogP contribution in [0.3, 0.4) is 0 Å². The molecule has 0 bridgehead atoms. The van der Waals surface area contributed by atoms with E-state index in [1.807, 2.05) is 11.3 Å². The third-order valence-electron chi connectivity index (χ3n) is 3.75. The largest absolute Gasteiger partial charge is 0.309 e. The van der Waals surface area contributed by atoms with Crippen molar-refractivity contribution in [3.63, 3.8) is 0 Å². The lowest BCUT2D eigenvalue weighted by molar-refractivity contribution is 0.330. The lowest BCUT2D eigenvalue weighted by Gasteiger charge is -2.22. The van der Waals surface area contributed by atoms with Crippen LogP contribution in [-0.4, -0.2) is 6.54 Å². The summed E-state index contributed by atoms with van der Waals surface area (Å²) in [6.45, 7) is 3.43. The lowest BCUT2D eigenvalue weighted by Crippen LogP contribution is -2.22. The predicted molar refractivity (Wildman–Crippen MR) is 79.6 cm³/mol. The molecule has 1 saturated carbocycles. The van der Waals surface area contributed by atoms with E-state index in [1.165, 1.54) is 53.7 Å². The first-order valence-electron chi connectivity index (χ1n) is 6.74. The topological polar surface area (TPSA) is 12.0 Å². The van der Waals surface area contributed by atoms with Crippen LogP contribution in [0.4, 0.5) is 0 Å². The van der Waals surface area contributed by atoms with Gasteiger partial charge in [-0.25, -0.2) is 0 Å². The maximum Gasteiger partial charge on any atom is 0.0701 e. The van der Waals surface area contributed by atoms with E-state index in [4.69, 9.17) is 0 Å². The van der Waals surface area contributed by atoms with Crippen molar-refractivity contribution in [3.8, 4) is 0 Å². The first-order valence-corrected chi connectivity index (χ1v) is 8.35. The molecular formula is C14H22BrNS. The molecule has 1 N–H and O–H groups in total. The summed E-state index contributed by atoms with van der Waals surface area (Å²) >= 11 is 5.36. The molecule has 0 radical (unpaired) electrons. The third kappa shape index (κ3) is 4.38. The second-order valence-corrected chi connectivity index (χ2v) is 7.60. The second kappa shape index (κ2) is 6.91. The van der Waals surface area contributed by atoms with E-state index in [2.05, 4.69) is 40.3 Å². The maximum atomic E-state index is 3.65. The van der Waals surface area contributed by atoms with Crippen LogP contribution in [0.15, 0.2) is 15.9 Å². The van der Waals surface area contributed by atoms with Gasteiger partial charge in [0.2, 0.25) is 0 Å². The minimum absolute atomic E-state index is 0.495. The Bertz CT molecular complexity index is 331. The quantitative estimate of drug-likeness (QED) is 0.794. The van der Waals surface area contributed by atoms with Crippen molar-refractivity contribution in [3.05, 3.63) is 20.8 Å². The van der Waals surface area contributed by atoms with E-state index in [0.717, 1.165) is 5.92 Å². The SMILES string of the molecule is CC(NCCC1CCCCC1)c1ccc(Br)s1. The van der Waals surface area contributed by atoms with Crippen molar-refractivity contribution in [1.29, 1.82) is 0 Å². The van der Waals surface area contributed by atoms with Crippen molar-refractivity contribution in [2.24, 2.45) is 5.92 Å². The molecule has 1 fully saturated rings. The first kappa shape index (κ1) is 13.6. The van der Waals surface area contributed by atoms with Gasteiger partial charge in [0, 0.05) is 10.9 Å². The van der Waals surface area contributed by atoms with Gasteiger partial charge in [-0.3, -0.25) is 0 Å². The molecule has 2 rings (SSSR count). The van der Waals surface area contributed by atoms with Crippen LogP contribution in [0.5, 0.6) is 0 Å². The Morgan fingerprint density at radius 2 is 2.12 bits per heavy atom. The van der Waals surface area contributed by atoms with Gasteiger partial charge in [-0.1, -0.05) is 32.1 Å². The molecule has 1 aliphatic carbocycles. The van der Waals surface area contributed by atoms with Crippen molar-refractivity contribution < 1.29 is 0 Å². The zero-order valence-electron chi connectivity index (χ0n) is 10.5. The summed E-state index contributed by atoms with van der Waals surface area (Å²) in [5.41, 5.74) is 0. The highest BCUT2D eigenvalue weighted by Crippen LogP contribution is 2.28. The summed E-state index contributed by atoms with van der Waals surface area (Å²) in [5.74, 6) is 0.985. The monoisotopic (exact) mass is 315 g/mol. The van der Waals surface area contributed by atoms with Gasteiger partial charge >= 0.3 is 0 Å². The van der Waals surface area contributed by atoms with E-state index in [9.17, 15) is 0 Å². The van der Waals surface area contributed by atoms with Crippen molar-refractivity contribution in [2.45, 2.75) is 51.5 Å². The van der Waals surface area contributed by atoms with Gasteiger partial charge in [0.15, 0.2) is 0 Å². The highest BCUT2D eigenvalue weighted by Gasteiger charge is 2.13. The molecule has 3 heteroatoms. The first-order chi connectivity index (χ1) is 8.25. The highest BCUT2D eigenvalue weighted by atomic mass is 79.9. The fourth-order valence-electron chi connectivity index (χ4n) is 2.64. The Kier molecular flexibility index (Phi) is 5.51. The zero-order chi connectivity index (χ0) is 12.1. The third-order valence-corrected chi connectivity index (χ3v) is 5.55. The van der Waals surface area contributed by atoms with Crippen LogP contribution < -0.4 is 5.32 Å². The fraction of sp³-hybridized carbons (Fsp3) is 0.714. The molecule has 1 aliphatic rings. The molecule has 1 nitrogen and oxygen atoms in total. The Labute approximate surface area is 117 Å². The van der Waals surface area contributed by atoms with E-state index >= 15 is 0 Å². The van der Waals surface area contributed by atoms with Crippen LogP contribution in [0.25, 0.3) is 0 Å². The number of nitrogens with one attached hydrogen (secondary N) is 1. The predicted octanol–water partition coefficient (Wildman–Crippen LogP) is 5.13. The molecule has 1 unspecified atom stereocenters. The van der Waals surface area contributed by atoms with E-state index in [1.54, 1.807) is 0 Å².